The van der Waals surface area contributed by atoms with E-state index in [9.17, 15) is 9.59 Å². The largest absolute Gasteiger partial charge is 0.343 e. The molecule has 0 spiro atoms. The Morgan fingerprint density at radius 3 is 2.65 bits per heavy atom. The van der Waals surface area contributed by atoms with Crippen molar-refractivity contribution in [1.29, 1.82) is 0 Å². The second kappa shape index (κ2) is 7.10. The fourth-order valence-corrected chi connectivity index (χ4v) is 2.27. The lowest BCUT2D eigenvalue weighted by Crippen LogP contribution is -2.38. The zero-order chi connectivity index (χ0) is 14.4. The van der Waals surface area contributed by atoms with Crippen molar-refractivity contribution in [2.75, 3.05) is 19.6 Å². The number of carbonyl (C=O) groups is 2. The monoisotopic (exact) mass is 292 g/mol. The van der Waals surface area contributed by atoms with E-state index in [-0.39, 0.29) is 18.4 Å². The molecule has 1 N–H and O–H groups in total. The van der Waals surface area contributed by atoms with Crippen LogP contribution in [0.3, 0.4) is 0 Å². The Morgan fingerprint density at radius 2 is 1.95 bits per heavy atom. The van der Waals surface area contributed by atoms with Crippen molar-refractivity contribution >= 4 is 29.5 Å². The molecule has 1 aliphatic rings. The van der Waals surface area contributed by atoms with Crippen LogP contribution in [0.1, 0.15) is 18.4 Å². The van der Waals surface area contributed by atoms with Gasteiger partial charge in [-0.25, -0.2) is 0 Å². The molecule has 1 fully saturated rings. The molecular formula is C15H17ClN2O2. The normalized spacial score (nSPS) is 14.8. The minimum absolute atomic E-state index is 0.0259. The van der Waals surface area contributed by atoms with Crippen LogP contribution in [-0.2, 0) is 9.59 Å². The Balaban J connectivity index is 1.80. The van der Waals surface area contributed by atoms with E-state index in [0.717, 1.165) is 31.5 Å². The lowest BCUT2D eigenvalue weighted by molar-refractivity contribution is -0.131. The van der Waals surface area contributed by atoms with Gasteiger partial charge in [-0.1, -0.05) is 29.8 Å². The third kappa shape index (κ3) is 4.10. The highest BCUT2D eigenvalue weighted by Crippen LogP contribution is 2.16. The summed E-state index contributed by atoms with van der Waals surface area (Å²) >= 11 is 5.98. The highest BCUT2D eigenvalue weighted by Gasteiger charge is 2.17. The first-order valence-electron chi connectivity index (χ1n) is 6.65. The molecule has 1 aromatic carbocycles. The lowest BCUT2D eigenvalue weighted by atomic mass is 10.2. The Morgan fingerprint density at radius 1 is 1.25 bits per heavy atom. The average Bonchev–Trinajstić information content (AvgIpc) is 2.98. The van der Waals surface area contributed by atoms with Crippen molar-refractivity contribution in [3.63, 3.8) is 0 Å². The minimum atomic E-state index is -0.294. The predicted molar refractivity (Wildman–Crippen MR) is 79.3 cm³/mol. The molecular weight excluding hydrogens is 276 g/mol. The van der Waals surface area contributed by atoms with Crippen LogP contribution in [-0.4, -0.2) is 36.3 Å². The Labute approximate surface area is 123 Å². The maximum absolute atomic E-state index is 11.7. The second-order valence-electron chi connectivity index (χ2n) is 4.66. The molecule has 1 aromatic rings. The summed E-state index contributed by atoms with van der Waals surface area (Å²) in [6.07, 6.45) is 5.12. The molecule has 2 rings (SSSR count). The summed E-state index contributed by atoms with van der Waals surface area (Å²) < 4.78 is 0. The second-order valence-corrected chi connectivity index (χ2v) is 5.07. The van der Waals surface area contributed by atoms with Crippen molar-refractivity contribution < 1.29 is 9.59 Å². The van der Waals surface area contributed by atoms with E-state index in [0.29, 0.717) is 5.02 Å². The average molecular weight is 293 g/mol. The van der Waals surface area contributed by atoms with Gasteiger partial charge in [0.25, 0.3) is 0 Å². The van der Waals surface area contributed by atoms with Crippen molar-refractivity contribution in [1.82, 2.24) is 10.2 Å². The number of benzene rings is 1. The molecule has 0 aliphatic carbocycles. The zero-order valence-electron chi connectivity index (χ0n) is 11.1. The van der Waals surface area contributed by atoms with E-state index in [1.54, 1.807) is 17.0 Å². The molecule has 0 radical (unpaired) electrons. The maximum atomic E-state index is 11.7. The van der Waals surface area contributed by atoms with Crippen LogP contribution in [0.25, 0.3) is 6.08 Å². The number of hydrogen-bond acceptors (Lipinski definition) is 2. The lowest BCUT2D eigenvalue weighted by Gasteiger charge is -2.14. The van der Waals surface area contributed by atoms with Crippen LogP contribution in [0.5, 0.6) is 0 Å². The molecule has 5 heteroatoms. The molecule has 1 saturated heterocycles. The minimum Gasteiger partial charge on any atom is -0.343 e. The number of likely N-dealkylation sites (tertiary alicyclic amines) is 1. The van der Waals surface area contributed by atoms with Crippen LogP contribution in [0.2, 0.25) is 5.02 Å². The summed E-state index contributed by atoms with van der Waals surface area (Å²) in [6.45, 7) is 1.64. The van der Waals surface area contributed by atoms with E-state index >= 15 is 0 Å². The molecule has 0 atom stereocenters. The third-order valence-electron chi connectivity index (χ3n) is 3.19. The summed E-state index contributed by atoms with van der Waals surface area (Å²) in [5.74, 6) is -0.320. The van der Waals surface area contributed by atoms with Gasteiger partial charge in [-0.05, 0) is 30.5 Å². The zero-order valence-corrected chi connectivity index (χ0v) is 11.9. The van der Waals surface area contributed by atoms with Gasteiger partial charge in [0.1, 0.15) is 0 Å². The van der Waals surface area contributed by atoms with Gasteiger partial charge in [0, 0.05) is 24.2 Å². The number of carbonyl (C=O) groups excluding carboxylic acids is 2. The molecule has 1 aliphatic heterocycles. The van der Waals surface area contributed by atoms with Gasteiger partial charge in [-0.15, -0.1) is 0 Å². The van der Waals surface area contributed by atoms with E-state index in [1.165, 1.54) is 6.08 Å². The first kappa shape index (κ1) is 14.6. The van der Waals surface area contributed by atoms with E-state index < -0.39 is 0 Å². The number of nitrogens with zero attached hydrogens (tertiary/aromatic N) is 1. The maximum Gasteiger partial charge on any atom is 0.244 e. The van der Waals surface area contributed by atoms with Crippen LogP contribution in [0.15, 0.2) is 30.3 Å². The van der Waals surface area contributed by atoms with Crippen molar-refractivity contribution in [3.8, 4) is 0 Å². The van der Waals surface area contributed by atoms with Crippen LogP contribution in [0, 0.1) is 0 Å². The van der Waals surface area contributed by atoms with Gasteiger partial charge in [0.05, 0.1) is 6.54 Å². The topological polar surface area (TPSA) is 49.4 Å². The number of hydrogen-bond donors (Lipinski definition) is 1. The predicted octanol–water partition coefficient (Wildman–Crippen LogP) is 2.09. The van der Waals surface area contributed by atoms with Crippen LogP contribution >= 0.6 is 11.6 Å². The van der Waals surface area contributed by atoms with Gasteiger partial charge in [0.15, 0.2) is 0 Å². The fraction of sp³-hybridized carbons (Fsp3) is 0.333. The molecule has 20 heavy (non-hydrogen) atoms. The molecule has 2 amide bonds. The van der Waals surface area contributed by atoms with Gasteiger partial charge in [-0.2, -0.15) is 0 Å². The number of rotatable bonds is 4. The Kier molecular flexibility index (Phi) is 5.18. The standard InChI is InChI=1S/C15H17ClN2O2/c16-13-6-2-1-5-12(13)7-8-14(19)17-11-15(20)18-9-3-4-10-18/h1-2,5-8H,3-4,9-11H2,(H,17,19). The fourth-order valence-electron chi connectivity index (χ4n) is 2.08. The van der Waals surface area contributed by atoms with Gasteiger partial charge in [0.2, 0.25) is 11.8 Å². The Bertz CT molecular complexity index is 522. The highest BCUT2D eigenvalue weighted by molar-refractivity contribution is 6.32. The SMILES string of the molecule is O=C(C=Cc1ccccc1Cl)NCC(=O)N1CCCC1. The van der Waals surface area contributed by atoms with Gasteiger partial charge in [-0.3, -0.25) is 9.59 Å². The molecule has 106 valence electrons. The molecule has 0 saturated carbocycles. The number of halogens is 1. The molecule has 0 bridgehead atoms. The van der Waals surface area contributed by atoms with Crippen molar-refractivity contribution in [2.24, 2.45) is 0 Å². The molecule has 0 unspecified atom stereocenters. The van der Waals surface area contributed by atoms with Crippen LogP contribution < -0.4 is 5.32 Å². The number of nitrogens with one attached hydrogen (secondary N) is 1. The molecule has 4 nitrogen and oxygen atoms in total. The van der Waals surface area contributed by atoms with Gasteiger partial charge >= 0.3 is 0 Å². The first-order valence-corrected chi connectivity index (χ1v) is 7.03. The molecule has 1 heterocycles. The summed E-state index contributed by atoms with van der Waals surface area (Å²) in [4.78, 5) is 25.2. The third-order valence-corrected chi connectivity index (χ3v) is 3.54. The quantitative estimate of drug-likeness (QED) is 0.864. The van der Waals surface area contributed by atoms with Crippen molar-refractivity contribution in [3.05, 3.63) is 40.9 Å². The molecule has 0 aromatic heterocycles. The van der Waals surface area contributed by atoms with Crippen LogP contribution in [0.4, 0.5) is 0 Å². The summed E-state index contributed by atoms with van der Waals surface area (Å²) in [5, 5.41) is 3.18. The first-order chi connectivity index (χ1) is 9.66. The van der Waals surface area contributed by atoms with Crippen molar-refractivity contribution in [2.45, 2.75) is 12.8 Å². The number of amides is 2. The highest BCUT2D eigenvalue weighted by atomic mass is 35.5. The summed E-state index contributed by atoms with van der Waals surface area (Å²) in [7, 11) is 0. The smallest absolute Gasteiger partial charge is 0.244 e. The van der Waals surface area contributed by atoms with Gasteiger partial charge < -0.3 is 10.2 Å². The van der Waals surface area contributed by atoms with E-state index in [1.807, 2.05) is 18.2 Å². The Hall–Kier alpha value is -1.81. The van der Waals surface area contributed by atoms with E-state index in [4.69, 9.17) is 11.6 Å². The summed E-state index contributed by atoms with van der Waals surface area (Å²) in [5.41, 5.74) is 0.773. The summed E-state index contributed by atoms with van der Waals surface area (Å²) in [6, 6.07) is 7.26. The van der Waals surface area contributed by atoms with E-state index in [2.05, 4.69) is 5.32 Å².